The highest BCUT2D eigenvalue weighted by Gasteiger charge is 2.45. The number of hydrogen-bond acceptors (Lipinski definition) is 4. The van der Waals surface area contributed by atoms with Crippen molar-refractivity contribution < 1.29 is 32.3 Å². The van der Waals surface area contributed by atoms with E-state index < -0.39 is 24.9 Å². The van der Waals surface area contributed by atoms with Gasteiger partial charge in [0, 0.05) is 6.08 Å². The molecule has 25 heavy (non-hydrogen) atoms. The van der Waals surface area contributed by atoms with Crippen LogP contribution in [0.1, 0.15) is 0 Å². The molecule has 2 aliphatic heterocycles. The number of hydrogen-bond donors (Lipinski definition) is 2. The Morgan fingerprint density at radius 1 is 1.04 bits per heavy atom. The number of nitrogens with zero attached hydrogens (tertiary/aromatic N) is 1. The maximum atomic E-state index is 12.2. The first-order valence-electron chi connectivity index (χ1n) is 6.49. The lowest BCUT2D eigenvalue weighted by atomic mass is 10.1. The zero-order chi connectivity index (χ0) is 18.8. The van der Waals surface area contributed by atoms with Crippen LogP contribution in [-0.4, -0.2) is 66.3 Å². The fourth-order valence-electron chi connectivity index (χ4n) is 1.26. The minimum atomic E-state index is -2.66. The molecule has 0 aromatic rings. The van der Waals surface area contributed by atoms with Crippen molar-refractivity contribution in [1.29, 1.82) is 0 Å². The Hall–Kier alpha value is 0.01000. The Morgan fingerprint density at radius 3 is 1.68 bits per heavy atom. The van der Waals surface area contributed by atoms with Crippen molar-refractivity contribution in [3.05, 3.63) is 20.3 Å². The van der Waals surface area contributed by atoms with Crippen molar-refractivity contribution in [3.8, 4) is 0 Å². The van der Waals surface area contributed by atoms with Crippen LogP contribution in [0.15, 0.2) is 20.3 Å². The first-order valence-corrected chi connectivity index (χ1v) is 8.98. The average Bonchev–Trinajstić information content (AvgIpc) is 2.45. The van der Waals surface area contributed by atoms with Crippen LogP contribution in [0.2, 0.25) is 0 Å². The second-order valence-corrected chi connectivity index (χ2v) is 6.16. The fourth-order valence-corrected chi connectivity index (χ4v) is 1.97. The van der Waals surface area contributed by atoms with Gasteiger partial charge >= 0.3 is 0 Å². The number of amides is 1. The van der Waals surface area contributed by atoms with E-state index in [2.05, 4.69) is 5.32 Å². The Balaban J connectivity index is 0. The molecule has 2 rings (SSSR count). The molecule has 2 saturated heterocycles. The van der Waals surface area contributed by atoms with Crippen LogP contribution in [0.5, 0.6) is 0 Å². The van der Waals surface area contributed by atoms with Crippen molar-refractivity contribution >= 4 is 69.3 Å². The lowest BCUT2D eigenvalue weighted by Crippen LogP contribution is -2.57. The molecule has 0 aliphatic carbocycles. The van der Waals surface area contributed by atoms with Gasteiger partial charge in [-0.05, 0) is 14.2 Å². The minimum absolute atomic E-state index is 0. The van der Waals surface area contributed by atoms with E-state index >= 15 is 0 Å². The van der Waals surface area contributed by atoms with Gasteiger partial charge in [-0.1, -0.05) is 45.2 Å². The summed E-state index contributed by atoms with van der Waals surface area (Å²) in [5, 5.41) is 10.5. The summed E-state index contributed by atoms with van der Waals surface area (Å²) in [6.45, 7) is -1.53. The highest BCUT2D eigenvalue weighted by Crippen LogP contribution is 2.26. The minimum Gasteiger partial charge on any atom is -0.388 e. The molecule has 0 spiro atoms. The molecular formula is C13H17ClF4I2N2O3. The van der Waals surface area contributed by atoms with Crippen LogP contribution in [0.4, 0.5) is 17.6 Å². The van der Waals surface area contributed by atoms with E-state index in [0.717, 1.165) is 4.90 Å². The monoisotopic (exact) mass is 614 g/mol. The van der Waals surface area contributed by atoms with Gasteiger partial charge in [0.1, 0.15) is 6.61 Å². The highest BCUT2D eigenvalue weighted by molar-refractivity contribution is 14.1. The Labute approximate surface area is 176 Å². The van der Waals surface area contributed by atoms with Crippen molar-refractivity contribution in [2.75, 3.05) is 32.8 Å². The number of carbonyl (C=O) groups excluding carboxylic acids is 2. The van der Waals surface area contributed by atoms with Crippen molar-refractivity contribution in [2.45, 2.75) is 11.8 Å². The van der Waals surface area contributed by atoms with Gasteiger partial charge in [-0.2, -0.15) is 0 Å². The average molecular weight is 615 g/mol. The van der Waals surface area contributed by atoms with E-state index in [1.165, 1.54) is 16.2 Å². The zero-order valence-corrected chi connectivity index (χ0v) is 17.9. The molecule has 0 aromatic heterocycles. The molecule has 2 heterocycles. The molecular weight excluding hydrogens is 597 g/mol. The molecule has 0 saturated carbocycles. The summed E-state index contributed by atoms with van der Waals surface area (Å²) in [5.41, 5.74) is 0. The van der Waals surface area contributed by atoms with Crippen molar-refractivity contribution in [1.82, 2.24) is 10.2 Å². The molecule has 0 radical (unpaired) electrons. The van der Waals surface area contributed by atoms with Gasteiger partial charge in [0.15, 0.2) is 5.78 Å². The molecule has 1 amide bonds. The number of rotatable bonds is 3. The third-order valence-electron chi connectivity index (χ3n) is 2.53. The second-order valence-electron chi connectivity index (χ2n) is 4.72. The molecule has 12 heteroatoms. The third kappa shape index (κ3) is 12.9. The van der Waals surface area contributed by atoms with Gasteiger partial charge in [-0.25, -0.2) is 17.6 Å². The summed E-state index contributed by atoms with van der Waals surface area (Å²) in [6, 6.07) is 0. The Bertz CT molecular complexity index is 480. The van der Waals surface area contributed by atoms with E-state index in [4.69, 9.17) is 5.11 Å². The van der Waals surface area contributed by atoms with Gasteiger partial charge < -0.3 is 15.3 Å². The molecule has 2 N–H and O–H groups in total. The second kappa shape index (κ2) is 13.2. The van der Waals surface area contributed by atoms with Gasteiger partial charge in [0.25, 0.3) is 11.8 Å². The number of likely N-dealkylation sites (tertiary alicyclic amines) is 1. The molecule has 2 fully saturated rings. The predicted octanol–water partition coefficient (Wildman–Crippen LogP) is 2.56. The van der Waals surface area contributed by atoms with Gasteiger partial charge in [0.05, 0.1) is 26.2 Å². The smallest absolute Gasteiger partial charge is 0.282 e. The number of carbonyl (C=O) groups is 2. The molecule has 0 unspecified atom stereocenters. The largest absolute Gasteiger partial charge is 0.388 e. The first-order chi connectivity index (χ1) is 11.1. The summed E-state index contributed by atoms with van der Waals surface area (Å²) in [4.78, 5) is 22.0. The summed E-state index contributed by atoms with van der Waals surface area (Å²) < 4.78 is 50.4. The van der Waals surface area contributed by atoms with Crippen molar-refractivity contribution in [2.24, 2.45) is 0 Å². The number of aliphatic hydroxyl groups excluding tert-OH is 1. The topological polar surface area (TPSA) is 69.6 Å². The van der Waals surface area contributed by atoms with Gasteiger partial charge in [-0.3, -0.25) is 9.59 Å². The third-order valence-corrected chi connectivity index (χ3v) is 3.25. The summed E-state index contributed by atoms with van der Waals surface area (Å²) >= 11 is 3.78. The molecule has 0 bridgehead atoms. The molecule has 2 aliphatic rings. The zero-order valence-electron chi connectivity index (χ0n) is 12.7. The van der Waals surface area contributed by atoms with E-state index in [-0.39, 0.29) is 43.8 Å². The van der Waals surface area contributed by atoms with Gasteiger partial charge in [-0.15, -0.1) is 12.4 Å². The SMILES string of the molecule is Cl.FC1(F)CNC1.O=C(/C=C\I)CO.O=C(/C=C\I)N1CC(F)(F)C1. The summed E-state index contributed by atoms with van der Waals surface area (Å²) in [7, 11) is 0. The number of ketones is 1. The predicted molar refractivity (Wildman–Crippen MR) is 105 cm³/mol. The highest BCUT2D eigenvalue weighted by atomic mass is 127. The number of aliphatic hydroxyl groups is 1. The normalized spacial score (nSPS) is 19.4. The molecule has 0 aromatic carbocycles. The number of alkyl halides is 4. The maximum absolute atomic E-state index is 12.2. The van der Waals surface area contributed by atoms with Crippen LogP contribution in [0.25, 0.3) is 0 Å². The maximum Gasteiger partial charge on any atom is 0.282 e. The molecule has 0 atom stereocenters. The standard InChI is InChI=1S/C6H6F2INO.C4H5IO2.C3H5F2N.ClH/c7-6(8)3-10(4-6)5(11)1-2-9;5-2-1-4(7)3-6;4-3(5)1-6-2-3;/h1-2H,3-4H2;1-2,6H,3H2;6H,1-2H2;1H/b2*2-1-;;. The van der Waals surface area contributed by atoms with Crippen molar-refractivity contribution in [3.63, 3.8) is 0 Å². The van der Waals surface area contributed by atoms with Crippen LogP contribution in [-0.2, 0) is 9.59 Å². The molecule has 146 valence electrons. The van der Waals surface area contributed by atoms with E-state index in [9.17, 15) is 27.2 Å². The van der Waals surface area contributed by atoms with Crippen LogP contribution in [0.3, 0.4) is 0 Å². The molecule has 5 nitrogen and oxygen atoms in total. The summed E-state index contributed by atoms with van der Waals surface area (Å²) in [6.07, 6.45) is 2.59. The van der Waals surface area contributed by atoms with E-state index in [1.54, 1.807) is 4.08 Å². The Kier molecular flexibility index (Phi) is 14.4. The number of halogens is 7. The lowest BCUT2D eigenvalue weighted by Gasteiger charge is -2.37. The van der Waals surface area contributed by atoms with Gasteiger partial charge in [0.2, 0.25) is 5.91 Å². The quantitative estimate of drug-likeness (QED) is 0.292. The summed E-state index contributed by atoms with van der Waals surface area (Å²) in [5.74, 6) is -5.64. The van der Waals surface area contributed by atoms with Crippen LogP contribution < -0.4 is 5.32 Å². The number of nitrogens with one attached hydrogen (secondary N) is 1. The Morgan fingerprint density at radius 2 is 1.48 bits per heavy atom. The fraction of sp³-hybridized carbons (Fsp3) is 0.538. The van der Waals surface area contributed by atoms with E-state index in [1.807, 2.05) is 45.2 Å². The first kappa shape index (κ1) is 27.2. The van der Waals surface area contributed by atoms with Crippen LogP contribution in [0, 0.1) is 0 Å². The van der Waals surface area contributed by atoms with Crippen LogP contribution >= 0.6 is 57.6 Å². The lowest BCUT2D eigenvalue weighted by molar-refractivity contribution is -0.160. The van der Waals surface area contributed by atoms with E-state index in [0.29, 0.717) is 0 Å².